The van der Waals surface area contributed by atoms with Gasteiger partial charge in [-0.05, 0) is 6.07 Å². The van der Waals surface area contributed by atoms with Crippen LogP contribution < -0.4 is 10.6 Å². The largest absolute Gasteiger partial charge is 0.387 e. The van der Waals surface area contributed by atoms with Crippen LogP contribution in [0.1, 0.15) is 12.1 Å². The Morgan fingerprint density at radius 1 is 1.67 bits per heavy atom. The smallest absolute Gasteiger partial charge is 0.121 e. The van der Waals surface area contributed by atoms with Gasteiger partial charge in [-0.25, -0.2) is 0 Å². The molecule has 4 nitrogen and oxygen atoms in total. The second-order valence-electron chi connectivity index (χ2n) is 3.34. The fourth-order valence-electron chi connectivity index (χ4n) is 1.37. The topological polar surface area (TPSA) is 46.1 Å². The van der Waals surface area contributed by atoms with Crippen LogP contribution in [0.2, 0.25) is 0 Å². The Labute approximate surface area is 90.0 Å². The van der Waals surface area contributed by atoms with Gasteiger partial charge < -0.3 is 20.0 Å². The van der Waals surface area contributed by atoms with Crippen LogP contribution >= 0.6 is 0 Å². The number of carbonyl (C=O) groups excluding carboxylic acids is 1. The zero-order valence-corrected chi connectivity index (χ0v) is 9.21. The van der Waals surface area contributed by atoms with Gasteiger partial charge in [0.05, 0.1) is 17.1 Å². The molecule has 2 N–H and O–H groups in total. The van der Waals surface area contributed by atoms with E-state index in [0.717, 1.165) is 23.4 Å². The number of rotatable bonds is 6. The van der Waals surface area contributed by atoms with E-state index in [2.05, 4.69) is 17.2 Å². The molecule has 0 saturated carbocycles. The summed E-state index contributed by atoms with van der Waals surface area (Å²) in [6.45, 7) is 4.56. The molecule has 1 aromatic heterocycles. The van der Waals surface area contributed by atoms with E-state index in [1.807, 2.05) is 30.9 Å². The van der Waals surface area contributed by atoms with E-state index in [1.54, 1.807) is 0 Å². The molecule has 0 spiro atoms. The van der Waals surface area contributed by atoms with Gasteiger partial charge in [-0.1, -0.05) is 6.58 Å². The first-order valence-electron chi connectivity index (χ1n) is 4.90. The lowest BCUT2D eigenvalue weighted by molar-refractivity contribution is -0.107. The minimum absolute atomic E-state index is 0.502. The lowest BCUT2D eigenvalue weighted by Crippen LogP contribution is -2.14. The van der Waals surface area contributed by atoms with Crippen molar-refractivity contribution in [2.75, 3.05) is 18.9 Å². The van der Waals surface area contributed by atoms with Crippen molar-refractivity contribution in [3.8, 4) is 0 Å². The molecule has 1 heterocycles. The van der Waals surface area contributed by atoms with Gasteiger partial charge in [-0.2, -0.15) is 0 Å². The Balaban J connectivity index is 2.64. The molecule has 0 unspecified atom stereocenters. The molecule has 0 aliphatic carbocycles. The minimum atomic E-state index is 0.502. The third-order valence-corrected chi connectivity index (χ3v) is 2.20. The van der Waals surface area contributed by atoms with Gasteiger partial charge in [0.1, 0.15) is 6.29 Å². The molecule has 0 aliphatic heterocycles. The minimum Gasteiger partial charge on any atom is -0.387 e. The maximum absolute atomic E-state index is 10.2. The number of aryl methyl sites for hydroxylation is 1. The monoisotopic (exact) mass is 207 g/mol. The van der Waals surface area contributed by atoms with Crippen molar-refractivity contribution in [3.63, 3.8) is 0 Å². The average Bonchev–Trinajstić information content (AvgIpc) is 2.60. The summed E-state index contributed by atoms with van der Waals surface area (Å²) in [6.07, 6.45) is 3.38. The highest BCUT2D eigenvalue weighted by atomic mass is 16.1. The number of nitrogens with zero attached hydrogens (tertiary/aromatic N) is 1. The number of hydrogen-bond donors (Lipinski definition) is 2. The summed E-state index contributed by atoms with van der Waals surface area (Å²) >= 11 is 0. The van der Waals surface area contributed by atoms with Gasteiger partial charge in [0, 0.05) is 33.3 Å². The van der Waals surface area contributed by atoms with Gasteiger partial charge in [-0.15, -0.1) is 0 Å². The number of aromatic nitrogens is 1. The third-order valence-electron chi connectivity index (χ3n) is 2.20. The summed E-state index contributed by atoms with van der Waals surface area (Å²) in [5.74, 6) is 0. The predicted molar refractivity (Wildman–Crippen MR) is 62.7 cm³/mol. The van der Waals surface area contributed by atoms with E-state index < -0.39 is 0 Å². The van der Waals surface area contributed by atoms with Crippen LogP contribution in [0.4, 0.5) is 5.69 Å². The average molecular weight is 207 g/mol. The lowest BCUT2D eigenvalue weighted by Gasteiger charge is -2.08. The fourth-order valence-corrected chi connectivity index (χ4v) is 1.37. The SMILES string of the molecule is C=C(NCCC=O)c1cc(NC)cn1C. The van der Waals surface area contributed by atoms with Crippen LogP contribution in [0, 0.1) is 0 Å². The van der Waals surface area contributed by atoms with Crippen LogP contribution in [0.3, 0.4) is 0 Å². The number of nitrogens with one attached hydrogen (secondary N) is 2. The van der Waals surface area contributed by atoms with Gasteiger partial charge in [-0.3, -0.25) is 0 Å². The summed E-state index contributed by atoms with van der Waals surface area (Å²) in [5, 5.41) is 6.17. The summed E-state index contributed by atoms with van der Waals surface area (Å²) in [6, 6.07) is 2.01. The maximum atomic E-state index is 10.2. The molecule has 1 rings (SSSR count). The Morgan fingerprint density at radius 3 is 2.93 bits per heavy atom. The first-order chi connectivity index (χ1) is 7.19. The molecular weight excluding hydrogens is 190 g/mol. The van der Waals surface area contributed by atoms with Crippen molar-refractivity contribution in [2.24, 2.45) is 7.05 Å². The third kappa shape index (κ3) is 2.87. The number of carbonyl (C=O) groups is 1. The second kappa shape index (κ2) is 5.24. The van der Waals surface area contributed by atoms with Gasteiger partial charge in [0.2, 0.25) is 0 Å². The molecule has 15 heavy (non-hydrogen) atoms. The molecule has 82 valence electrons. The summed E-state index contributed by atoms with van der Waals surface area (Å²) in [4.78, 5) is 10.2. The number of hydrogen-bond acceptors (Lipinski definition) is 3. The van der Waals surface area contributed by atoms with Crippen molar-refractivity contribution < 1.29 is 4.79 Å². The molecule has 0 amide bonds. The highest BCUT2D eigenvalue weighted by Gasteiger charge is 2.04. The van der Waals surface area contributed by atoms with Crippen LogP contribution in [0.5, 0.6) is 0 Å². The highest BCUT2D eigenvalue weighted by molar-refractivity contribution is 5.64. The van der Waals surface area contributed by atoms with Crippen molar-refractivity contribution in [2.45, 2.75) is 6.42 Å². The van der Waals surface area contributed by atoms with Crippen molar-refractivity contribution in [1.29, 1.82) is 0 Å². The molecule has 0 aromatic carbocycles. The summed E-state index contributed by atoms with van der Waals surface area (Å²) < 4.78 is 1.99. The maximum Gasteiger partial charge on any atom is 0.121 e. The summed E-state index contributed by atoms with van der Waals surface area (Å²) in [7, 11) is 3.84. The van der Waals surface area contributed by atoms with E-state index in [-0.39, 0.29) is 0 Å². The quantitative estimate of drug-likeness (QED) is 0.544. The Hall–Kier alpha value is -1.71. The summed E-state index contributed by atoms with van der Waals surface area (Å²) in [5.41, 5.74) is 2.90. The molecular formula is C11H17N3O. The van der Waals surface area contributed by atoms with E-state index in [4.69, 9.17) is 0 Å². The zero-order chi connectivity index (χ0) is 11.3. The fraction of sp³-hybridized carbons (Fsp3) is 0.364. The first kappa shape index (κ1) is 11.4. The lowest BCUT2D eigenvalue weighted by atomic mass is 10.3. The van der Waals surface area contributed by atoms with Crippen molar-refractivity contribution in [1.82, 2.24) is 9.88 Å². The standard InChI is InChI=1S/C11H17N3O/c1-9(13-5-4-6-15)11-7-10(12-2)8-14(11)3/h6-8,12-13H,1,4-5H2,2-3H3. The Bertz CT molecular complexity index is 355. The number of anilines is 1. The molecule has 4 heteroatoms. The Morgan fingerprint density at radius 2 is 2.40 bits per heavy atom. The van der Waals surface area contributed by atoms with Crippen LogP contribution in [-0.2, 0) is 11.8 Å². The first-order valence-corrected chi connectivity index (χ1v) is 4.90. The Kier molecular flexibility index (Phi) is 3.97. The second-order valence-corrected chi connectivity index (χ2v) is 3.34. The predicted octanol–water partition coefficient (Wildman–Crippen LogP) is 1.22. The molecule has 0 bridgehead atoms. The molecule has 1 aromatic rings. The van der Waals surface area contributed by atoms with Crippen LogP contribution in [0.25, 0.3) is 5.70 Å². The van der Waals surface area contributed by atoms with E-state index in [1.165, 1.54) is 0 Å². The molecule has 0 aliphatic rings. The van der Waals surface area contributed by atoms with Gasteiger partial charge in [0.15, 0.2) is 0 Å². The van der Waals surface area contributed by atoms with E-state index in [0.29, 0.717) is 13.0 Å². The zero-order valence-electron chi connectivity index (χ0n) is 9.21. The normalized spacial score (nSPS) is 9.73. The molecule has 0 atom stereocenters. The van der Waals surface area contributed by atoms with Gasteiger partial charge >= 0.3 is 0 Å². The van der Waals surface area contributed by atoms with E-state index in [9.17, 15) is 4.79 Å². The number of aldehydes is 1. The van der Waals surface area contributed by atoms with E-state index >= 15 is 0 Å². The van der Waals surface area contributed by atoms with Crippen molar-refractivity contribution in [3.05, 3.63) is 24.5 Å². The highest BCUT2D eigenvalue weighted by Crippen LogP contribution is 2.16. The van der Waals surface area contributed by atoms with Crippen molar-refractivity contribution >= 4 is 17.7 Å². The van der Waals surface area contributed by atoms with Crippen LogP contribution in [-0.4, -0.2) is 24.4 Å². The molecule has 0 fully saturated rings. The van der Waals surface area contributed by atoms with Gasteiger partial charge in [0.25, 0.3) is 0 Å². The molecule has 0 saturated heterocycles. The van der Waals surface area contributed by atoms with Crippen LogP contribution in [0.15, 0.2) is 18.8 Å². The molecule has 0 radical (unpaired) electrons.